The van der Waals surface area contributed by atoms with Crippen LogP contribution in [0.4, 0.5) is 11.8 Å². The molecule has 3 rings (SSSR count). The number of amides is 1. The van der Waals surface area contributed by atoms with Crippen molar-refractivity contribution < 1.29 is 9.32 Å². The van der Waals surface area contributed by atoms with Crippen molar-refractivity contribution in [3.63, 3.8) is 0 Å². The largest absolute Gasteiger partial charge is 0.360 e. The number of aryl methyl sites for hydroxylation is 1. The topological polar surface area (TPSA) is 84.2 Å². The van der Waals surface area contributed by atoms with Crippen LogP contribution in [0.5, 0.6) is 0 Å². The predicted octanol–water partition coefficient (Wildman–Crippen LogP) is 2.26. The fraction of sp³-hybridized carbons (Fsp3) is 0.467. The Morgan fingerprint density at radius 1 is 1.32 bits per heavy atom. The van der Waals surface area contributed by atoms with Gasteiger partial charge in [0.2, 0.25) is 5.95 Å². The molecule has 7 heteroatoms. The Labute approximate surface area is 128 Å². The van der Waals surface area contributed by atoms with Crippen LogP contribution in [0.1, 0.15) is 35.9 Å². The second-order valence-electron chi connectivity index (χ2n) is 5.72. The number of carbonyl (C=O) groups excluding carboxylic acids is 1. The minimum absolute atomic E-state index is 0.299. The van der Waals surface area contributed by atoms with Crippen molar-refractivity contribution in [2.75, 3.05) is 23.3 Å². The molecule has 0 aromatic carbocycles. The average Bonchev–Trinajstić information content (AvgIpc) is 2.93. The van der Waals surface area contributed by atoms with Crippen LogP contribution in [0.15, 0.2) is 23.0 Å². The van der Waals surface area contributed by atoms with Crippen LogP contribution >= 0.6 is 0 Å². The molecule has 2 aromatic rings. The number of hydrogen-bond acceptors (Lipinski definition) is 6. The van der Waals surface area contributed by atoms with Crippen molar-refractivity contribution >= 4 is 17.7 Å². The summed E-state index contributed by atoms with van der Waals surface area (Å²) in [6.07, 6.45) is 5.39. The molecule has 0 saturated carbocycles. The van der Waals surface area contributed by atoms with E-state index in [0.717, 1.165) is 31.8 Å². The van der Waals surface area contributed by atoms with Gasteiger partial charge >= 0.3 is 0 Å². The fourth-order valence-corrected chi connectivity index (χ4v) is 2.42. The summed E-state index contributed by atoms with van der Waals surface area (Å²) in [4.78, 5) is 22.8. The van der Waals surface area contributed by atoms with Gasteiger partial charge in [-0.3, -0.25) is 4.79 Å². The number of piperidine rings is 1. The lowest BCUT2D eigenvalue weighted by molar-refractivity contribution is 0.102. The lowest BCUT2D eigenvalue weighted by Crippen LogP contribution is -2.34. The average molecular weight is 301 g/mol. The highest BCUT2D eigenvalue weighted by Gasteiger charge is 2.18. The van der Waals surface area contributed by atoms with Gasteiger partial charge in [-0.05, 0) is 25.7 Å². The van der Waals surface area contributed by atoms with Crippen LogP contribution in [0, 0.1) is 12.8 Å². The van der Waals surface area contributed by atoms with Gasteiger partial charge in [-0.1, -0.05) is 12.1 Å². The van der Waals surface area contributed by atoms with E-state index in [0.29, 0.717) is 23.1 Å². The van der Waals surface area contributed by atoms with Crippen LogP contribution in [0.3, 0.4) is 0 Å². The van der Waals surface area contributed by atoms with Crippen LogP contribution < -0.4 is 10.2 Å². The van der Waals surface area contributed by atoms with Crippen LogP contribution in [-0.4, -0.2) is 34.1 Å². The molecule has 7 nitrogen and oxygen atoms in total. The minimum atomic E-state index is -0.299. The van der Waals surface area contributed by atoms with E-state index < -0.39 is 0 Å². The number of anilines is 2. The van der Waals surface area contributed by atoms with Gasteiger partial charge in [0.15, 0.2) is 5.82 Å². The van der Waals surface area contributed by atoms with E-state index in [1.54, 1.807) is 25.4 Å². The zero-order valence-electron chi connectivity index (χ0n) is 12.7. The summed E-state index contributed by atoms with van der Waals surface area (Å²) in [7, 11) is 0. The maximum absolute atomic E-state index is 12.1. The molecule has 1 saturated heterocycles. The molecule has 0 unspecified atom stereocenters. The molecule has 1 aliphatic rings. The lowest BCUT2D eigenvalue weighted by Gasteiger charge is -2.30. The molecule has 2 aromatic heterocycles. The molecule has 0 aliphatic carbocycles. The molecular formula is C15H19N5O2. The monoisotopic (exact) mass is 301 g/mol. The minimum Gasteiger partial charge on any atom is -0.360 e. The maximum Gasteiger partial charge on any atom is 0.260 e. The first-order chi connectivity index (χ1) is 10.6. The van der Waals surface area contributed by atoms with Gasteiger partial charge in [0, 0.05) is 31.5 Å². The molecule has 1 fully saturated rings. The molecule has 22 heavy (non-hydrogen) atoms. The zero-order valence-corrected chi connectivity index (χ0v) is 12.7. The van der Waals surface area contributed by atoms with Crippen molar-refractivity contribution in [3.05, 3.63) is 29.8 Å². The third-order valence-corrected chi connectivity index (χ3v) is 3.84. The number of aromatic nitrogens is 3. The first-order valence-corrected chi connectivity index (χ1v) is 7.43. The third-order valence-electron chi connectivity index (χ3n) is 3.84. The van der Waals surface area contributed by atoms with E-state index >= 15 is 0 Å². The van der Waals surface area contributed by atoms with Crippen molar-refractivity contribution in [1.29, 1.82) is 0 Å². The first-order valence-electron chi connectivity index (χ1n) is 7.43. The molecule has 0 bridgehead atoms. The van der Waals surface area contributed by atoms with E-state index in [1.165, 1.54) is 0 Å². The SMILES string of the molecule is Cc1cc(NC(=O)c2cnc(N3CCC(C)CC3)nc2)no1. The molecule has 1 aliphatic heterocycles. The highest BCUT2D eigenvalue weighted by atomic mass is 16.5. The molecule has 1 N–H and O–H groups in total. The van der Waals surface area contributed by atoms with Crippen molar-refractivity contribution in [3.8, 4) is 0 Å². The quantitative estimate of drug-likeness (QED) is 0.936. The Morgan fingerprint density at radius 2 is 2.00 bits per heavy atom. The maximum atomic E-state index is 12.1. The van der Waals surface area contributed by atoms with E-state index in [2.05, 4.69) is 32.3 Å². The summed E-state index contributed by atoms with van der Waals surface area (Å²) in [5, 5.41) is 6.37. The number of nitrogens with zero attached hydrogens (tertiary/aromatic N) is 4. The second-order valence-corrected chi connectivity index (χ2v) is 5.72. The summed E-state index contributed by atoms with van der Waals surface area (Å²) in [5.74, 6) is 2.16. The number of nitrogens with one attached hydrogen (secondary N) is 1. The Morgan fingerprint density at radius 3 is 2.59 bits per heavy atom. The molecule has 1 amide bonds. The van der Waals surface area contributed by atoms with E-state index in [-0.39, 0.29) is 5.91 Å². The van der Waals surface area contributed by atoms with Gasteiger partial charge in [0.1, 0.15) is 5.76 Å². The van der Waals surface area contributed by atoms with Gasteiger partial charge in [0.05, 0.1) is 5.56 Å². The standard InChI is InChI=1S/C15H19N5O2/c1-10-3-5-20(6-4-10)15-16-8-12(9-17-15)14(21)18-13-7-11(2)22-19-13/h7-10H,3-6H2,1-2H3,(H,18,19,21). The van der Waals surface area contributed by atoms with E-state index in [1.807, 2.05) is 0 Å². The molecule has 0 atom stereocenters. The van der Waals surface area contributed by atoms with Crippen LogP contribution in [0.25, 0.3) is 0 Å². The van der Waals surface area contributed by atoms with Gasteiger partial charge in [-0.25, -0.2) is 9.97 Å². The summed E-state index contributed by atoms with van der Waals surface area (Å²) in [6.45, 7) is 5.95. The number of rotatable bonds is 3. The summed E-state index contributed by atoms with van der Waals surface area (Å²) >= 11 is 0. The Bertz CT molecular complexity index is 644. The number of hydrogen-bond donors (Lipinski definition) is 1. The number of carbonyl (C=O) groups is 1. The van der Waals surface area contributed by atoms with Crippen LogP contribution in [0.2, 0.25) is 0 Å². The van der Waals surface area contributed by atoms with Gasteiger partial charge in [0.25, 0.3) is 5.91 Å². The molecular weight excluding hydrogens is 282 g/mol. The molecule has 116 valence electrons. The smallest absolute Gasteiger partial charge is 0.260 e. The Kier molecular flexibility index (Phi) is 4.04. The summed E-state index contributed by atoms with van der Waals surface area (Å²) in [6, 6.07) is 1.65. The Hall–Kier alpha value is -2.44. The molecule has 0 spiro atoms. The highest BCUT2D eigenvalue weighted by molar-refractivity contribution is 6.03. The second kappa shape index (κ2) is 6.13. The van der Waals surface area contributed by atoms with Gasteiger partial charge in [-0.2, -0.15) is 0 Å². The summed E-state index contributed by atoms with van der Waals surface area (Å²) in [5.41, 5.74) is 0.398. The zero-order chi connectivity index (χ0) is 15.5. The molecule has 3 heterocycles. The fourth-order valence-electron chi connectivity index (χ4n) is 2.42. The van der Waals surface area contributed by atoms with Crippen molar-refractivity contribution in [1.82, 2.24) is 15.1 Å². The Balaban J connectivity index is 1.64. The van der Waals surface area contributed by atoms with Gasteiger partial charge < -0.3 is 14.7 Å². The summed E-state index contributed by atoms with van der Waals surface area (Å²) < 4.78 is 4.91. The van der Waals surface area contributed by atoms with E-state index in [4.69, 9.17) is 4.52 Å². The van der Waals surface area contributed by atoms with Crippen LogP contribution in [-0.2, 0) is 0 Å². The first kappa shape index (κ1) is 14.5. The normalized spacial score (nSPS) is 15.8. The van der Waals surface area contributed by atoms with Gasteiger partial charge in [-0.15, -0.1) is 0 Å². The lowest BCUT2D eigenvalue weighted by atomic mass is 10.00. The predicted molar refractivity (Wildman–Crippen MR) is 81.8 cm³/mol. The third kappa shape index (κ3) is 3.24. The van der Waals surface area contributed by atoms with Crippen molar-refractivity contribution in [2.24, 2.45) is 5.92 Å². The van der Waals surface area contributed by atoms with E-state index in [9.17, 15) is 4.79 Å². The molecule has 0 radical (unpaired) electrons. The highest BCUT2D eigenvalue weighted by Crippen LogP contribution is 2.19. The van der Waals surface area contributed by atoms with Crippen molar-refractivity contribution in [2.45, 2.75) is 26.7 Å².